The molecule has 0 radical (unpaired) electrons. The molecule has 0 amide bonds. The van der Waals surface area contributed by atoms with Crippen molar-refractivity contribution in [1.82, 2.24) is 0 Å². The molecule has 0 aromatic heterocycles. The number of thioether (sulfide) groups is 1. The van der Waals surface area contributed by atoms with Gasteiger partial charge in [0.05, 0.1) is 0 Å². The van der Waals surface area contributed by atoms with Crippen molar-refractivity contribution in [3.63, 3.8) is 0 Å². The monoisotopic (exact) mass is 146 g/mol. The number of hydrogen-bond acceptors (Lipinski definition) is 1. The van der Waals surface area contributed by atoms with Crippen LogP contribution in [0, 0.1) is 5.92 Å². The molecular formula is C8H18S. The van der Waals surface area contributed by atoms with Crippen LogP contribution in [-0.2, 0) is 0 Å². The molecule has 0 saturated heterocycles. The second-order valence-electron chi connectivity index (χ2n) is 2.52. The highest BCUT2D eigenvalue weighted by Gasteiger charge is 2.01. The lowest BCUT2D eigenvalue weighted by Crippen LogP contribution is -2.00. The van der Waals surface area contributed by atoms with Gasteiger partial charge in [0.1, 0.15) is 0 Å². The van der Waals surface area contributed by atoms with E-state index >= 15 is 0 Å². The van der Waals surface area contributed by atoms with Crippen molar-refractivity contribution in [1.29, 1.82) is 0 Å². The van der Waals surface area contributed by atoms with Gasteiger partial charge in [0, 0.05) is 0 Å². The Morgan fingerprint density at radius 1 is 1.33 bits per heavy atom. The van der Waals surface area contributed by atoms with Crippen LogP contribution in [0.25, 0.3) is 0 Å². The van der Waals surface area contributed by atoms with Gasteiger partial charge in [-0.25, -0.2) is 0 Å². The van der Waals surface area contributed by atoms with E-state index in [1.54, 1.807) is 0 Å². The third-order valence-electron chi connectivity index (χ3n) is 1.68. The summed E-state index contributed by atoms with van der Waals surface area (Å²) in [6.07, 6.45) is 6.31. The van der Waals surface area contributed by atoms with E-state index in [2.05, 4.69) is 20.1 Å². The van der Waals surface area contributed by atoms with Crippen molar-refractivity contribution in [3.05, 3.63) is 0 Å². The lowest BCUT2D eigenvalue weighted by Gasteiger charge is -2.10. The minimum absolute atomic E-state index is 0.977. The zero-order chi connectivity index (χ0) is 7.11. The fourth-order valence-electron chi connectivity index (χ4n) is 1.05. The van der Waals surface area contributed by atoms with Crippen LogP contribution in [0.5, 0.6) is 0 Å². The van der Waals surface area contributed by atoms with Gasteiger partial charge in [-0.3, -0.25) is 0 Å². The first-order chi connectivity index (χ1) is 4.35. The first-order valence-electron chi connectivity index (χ1n) is 3.84. The topological polar surface area (TPSA) is 0 Å². The molecule has 1 unspecified atom stereocenters. The molecule has 0 N–H and O–H groups in total. The van der Waals surface area contributed by atoms with E-state index in [0.717, 1.165) is 5.92 Å². The highest BCUT2D eigenvalue weighted by molar-refractivity contribution is 7.98. The molecule has 0 bridgehead atoms. The van der Waals surface area contributed by atoms with Crippen LogP contribution in [0.4, 0.5) is 0 Å². The third kappa shape index (κ3) is 4.83. The van der Waals surface area contributed by atoms with Crippen LogP contribution < -0.4 is 0 Å². The van der Waals surface area contributed by atoms with Gasteiger partial charge < -0.3 is 0 Å². The van der Waals surface area contributed by atoms with Gasteiger partial charge in [0.25, 0.3) is 0 Å². The summed E-state index contributed by atoms with van der Waals surface area (Å²) in [5.74, 6) is 2.33. The Labute approximate surface area is 63.4 Å². The Hall–Kier alpha value is 0.350. The molecule has 1 heteroatoms. The van der Waals surface area contributed by atoms with Crippen LogP contribution in [0.3, 0.4) is 0 Å². The first kappa shape index (κ1) is 9.35. The van der Waals surface area contributed by atoms with Gasteiger partial charge in [0.2, 0.25) is 0 Å². The van der Waals surface area contributed by atoms with E-state index < -0.39 is 0 Å². The maximum absolute atomic E-state index is 2.29. The third-order valence-corrected chi connectivity index (χ3v) is 2.48. The first-order valence-corrected chi connectivity index (χ1v) is 5.23. The molecule has 0 fully saturated rings. The average molecular weight is 146 g/mol. The zero-order valence-corrected chi connectivity index (χ0v) is 7.63. The normalized spacial score (nSPS) is 13.7. The van der Waals surface area contributed by atoms with Gasteiger partial charge >= 0.3 is 0 Å². The Morgan fingerprint density at radius 3 is 2.33 bits per heavy atom. The fraction of sp³-hybridized carbons (Fsp3) is 1.00. The van der Waals surface area contributed by atoms with Crippen LogP contribution in [0.1, 0.15) is 33.1 Å². The van der Waals surface area contributed by atoms with E-state index in [4.69, 9.17) is 0 Å². The molecule has 56 valence electrons. The summed E-state index contributed by atoms with van der Waals surface area (Å²) in [4.78, 5) is 0. The van der Waals surface area contributed by atoms with E-state index in [9.17, 15) is 0 Å². The standard InChI is InChI=1S/C8H18S/c1-4-6-8(5-2)7-9-3/h8H,4-7H2,1-3H3. The quantitative estimate of drug-likeness (QED) is 0.574. The predicted molar refractivity (Wildman–Crippen MR) is 47.1 cm³/mol. The summed E-state index contributed by atoms with van der Waals surface area (Å²) < 4.78 is 0. The Kier molecular flexibility index (Phi) is 6.72. The summed E-state index contributed by atoms with van der Waals surface area (Å²) in [6, 6.07) is 0. The highest BCUT2D eigenvalue weighted by atomic mass is 32.2. The van der Waals surface area contributed by atoms with E-state index in [0.29, 0.717) is 0 Å². The summed E-state index contributed by atoms with van der Waals surface area (Å²) in [7, 11) is 0. The molecule has 0 aromatic carbocycles. The van der Waals surface area contributed by atoms with E-state index in [-0.39, 0.29) is 0 Å². The molecule has 0 aliphatic rings. The summed E-state index contributed by atoms with van der Waals surface area (Å²) >= 11 is 1.97. The molecule has 0 heterocycles. The van der Waals surface area contributed by atoms with Crippen molar-refractivity contribution in [3.8, 4) is 0 Å². The van der Waals surface area contributed by atoms with E-state index in [1.807, 2.05) is 11.8 Å². The molecule has 0 aliphatic carbocycles. The molecule has 0 aliphatic heterocycles. The predicted octanol–water partition coefficient (Wildman–Crippen LogP) is 3.18. The van der Waals surface area contributed by atoms with Gasteiger partial charge in [-0.15, -0.1) is 0 Å². The van der Waals surface area contributed by atoms with Crippen LogP contribution in [0.2, 0.25) is 0 Å². The van der Waals surface area contributed by atoms with Crippen molar-refractivity contribution < 1.29 is 0 Å². The molecular weight excluding hydrogens is 128 g/mol. The van der Waals surface area contributed by atoms with Crippen LogP contribution >= 0.6 is 11.8 Å². The summed E-state index contributed by atoms with van der Waals surface area (Å²) in [6.45, 7) is 4.56. The molecule has 0 spiro atoms. The molecule has 0 aromatic rings. The van der Waals surface area contributed by atoms with Gasteiger partial charge in [-0.1, -0.05) is 26.7 Å². The largest absolute Gasteiger partial charge is 0.165 e. The average Bonchev–Trinajstić information content (AvgIpc) is 1.88. The van der Waals surface area contributed by atoms with Crippen molar-refractivity contribution in [2.24, 2.45) is 5.92 Å². The lowest BCUT2D eigenvalue weighted by atomic mass is 10.0. The SMILES string of the molecule is CCCC(CC)CSC. The maximum Gasteiger partial charge on any atom is -0.00420 e. The van der Waals surface area contributed by atoms with Gasteiger partial charge in [-0.2, -0.15) is 11.8 Å². The summed E-state index contributed by atoms with van der Waals surface area (Å²) in [5, 5.41) is 0. The Balaban J connectivity index is 3.18. The van der Waals surface area contributed by atoms with Crippen molar-refractivity contribution in [2.45, 2.75) is 33.1 Å². The zero-order valence-electron chi connectivity index (χ0n) is 6.81. The second-order valence-corrected chi connectivity index (χ2v) is 3.43. The number of hydrogen-bond donors (Lipinski definition) is 0. The lowest BCUT2D eigenvalue weighted by molar-refractivity contribution is 0.518. The fourth-order valence-corrected chi connectivity index (χ4v) is 1.92. The maximum atomic E-state index is 2.29. The highest BCUT2D eigenvalue weighted by Crippen LogP contribution is 2.14. The van der Waals surface area contributed by atoms with E-state index in [1.165, 1.54) is 25.0 Å². The Morgan fingerprint density at radius 2 is 2.00 bits per heavy atom. The van der Waals surface area contributed by atoms with Gasteiger partial charge in [-0.05, 0) is 24.3 Å². The summed E-state index contributed by atoms with van der Waals surface area (Å²) in [5.41, 5.74) is 0. The molecule has 0 nitrogen and oxygen atoms in total. The van der Waals surface area contributed by atoms with Crippen molar-refractivity contribution in [2.75, 3.05) is 12.0 Å². The van der Waals surface area contributed by atoms with Crippen LogP contribution in [-0.4, -0.2) is 12.0 Å². The number of rotatable bonds is 5. The smallest absolute Gasteiger partial charge is 0.00420 e. The van der Waals surface area contributed by atoms with Crippen molar-refractivity contribution >= 4 is 11.8 Å². The second kappa shape index (κ2) is 6.47. The minimum atomic E-state index is 0.977. The minimum Gasteiger partial charge on any atom is -0.165 e. The van der Waals surface area contributed by atoms with Gasteiger partial charge in [0.15, 0.2) is 0 Å². The Bertz CT molecular complexity index is 46.5. The van der Waals surface area contributed by atoms with Crippen LogP contribution in [0.15, 0.2) is 0 Å². The molecule has 0 rings (SSSR count). The molecule has 1 atom stereocenters. The molecule has 0 saturated carbocycles. The molecule has 9 heavy (non-hydrogen) atoms.